The molecule has 0 saturated carbocycles. The summed E-state index contributed by atoms with van der Waals surface area (Å²) in [6.45, 7) is 3.56. The Balaban J connectivity index is 1.68. The van der Waals surface area contributed by atoms with Gasteiger partial charge in [0.1, 0.15) is 11.9 Å². The number of hydrogen-bond donors (Lipinski definition) is 1. The van der Waals surface area contributed by atoms with Gasteiger partial charge in [0.2, 0.25) is 0 Å². The summed E-state index contributed by atoms with van der Waals surface area (Å²) in [5.74, 6) is 0.735. The fourth-order valence-electron chi connectivity index (χ4n) is 2.09. The van der Waals surface area contributed by atoms with E-state index in [0.717, 1.165) is 22.8 Å². The average Bonchev–Trinajstić information content (AvgIpc) is 2.77. The normalized spacial score (nSPS) is 16.8. The highest BCUT2D eigenvalue weighted by molar-refractivity contribution is 6.30. The lowest BCUT2D eigenvalue weighted by Crippen LogP contribution is -2.31. The number of halogens is 1. The Labute approximate surface area is 118 Å². The van der Waals surface area contributed by atoms with Gasteiger partial charge in [-0.25, -0.2) is 0 Å². The summed E-state index contributed by atoms with van der Waals surface area (Å²) in [6, 6.07) is 5.67. The molecule has 2 rings (SSSR count). The van der Waals surface area contributed by atoms with E-state index in [-0.39, 0.29) is 12.1 Å². The summed E-state index contributed by atoms with van der Waals surface area (Å²) < 4.78 is 10.6. The number of esters is 1. The van der Waals surface area contributed by atoms with Crippen LogP contribution >= 0.6 is 11.6 Å². The van der Waals surface area contributed by atoms with E-state index in [1.54, 1.807) is 6.92 Å². The van der Waals surface area contributed by atoms with Crippen molar-refractivity contribution in [2.75, 3.05) is 19.7 Å². The van der Waals surface area contributed by atoms with Crippen LogP contribution in [0.4, 0.5) is 0 Å². The maximum Gasteiger partial charge on any atom is 0.307 e. The number of nitrogens with one attached hydrogen (secondary N) is 1. The summed E-state index contributed by atoms with van der Waals surface area (Å²) in [5.41, 5.74) is 1.14. The molecule has 1 aromatic carbocycles. The topological polar surface area (TPSA) is 47.6 Å². The molecule has 0 saturated heterocycles. The van der Waals surface area contributed by atoms with Gasteiger partial charge in [-0.05, 0) is 30.7 Å². The summed E-state index contributed by atoms with van der Waals surface area (Å²) in [5, 5.41) is 3.94. The van der Waals surface area contributed by atoms with Gasteiger partial charge in [0.05, 0.1) is 13.0 Å². The second-order valence-electron chi connectivity index (χ2n) is 4.46. The molecule has 1 aromatic rings. The lowest BCUT2D eigenvalue weighted by atomic mass is 10.1. The molecular weight excluding hydrogens is 266 g/mol. The SMILES string of the molecule is CCOC(=O)CCNCC1Cc2cc(Cl)ccc2O1. The van der Waals surface area contributed by atoms with E-state index in [1.807, 2.05) is 18.2 Å². The highest BCUT2D eigenvalue weighted by Crippen LogP contribution is 2.30. The van der Waals surface area contributed by atoms with Gasteiger partial charge in [0.25, 0.3) is 0 Å². The van der Waals surface area contributed by atoms with Crippen LogP contribution < -0.4 is 10.1 Å². The molecule has 1 aliphatic heterocycles. The van der Waals surface area contributed by atoms with Crippen molar-refractivity contribution in [3.63, 3.8) is 0 Å². The minimum absolute atomic E-state index is 0.107. The summed E-state index contributed by atoms with van der Waals surface area (Å²) in [7, 11) is 0. The Kier molecular flexibility index (Phi) is 5.05. The van der Waals surface area contributed by atoms with Crippen molar-refractivity contribution in [2.24, 2.45) is 0 Å². The van der Waals surface area contributed by atoms with Crippen LogP contribution in [0.5, 0.6) is 5.75 Å². The van der Waals surface area contributed by atoms with Crippen LogP contribution in [0.25, 0.3) is 0 Å². The second kappa shape index (κ2) is 6.78. The van der Waals surface area contributed by atoms with Crippen molar-refractivity contribution < 1.29 is 14.3 Å². The number of hydrogen-bond acceptors (Lipinski definition) is 4. The van der Waals surface area contributed by atoms with Crippen LogP contribution in [-0.4, -0.2) is 31.8 Å². The lowest BCUT2D eigenvalue weighted by molar-refractivity contribution is -0.142. The minimum Gasteiger partial charge on any atom is -0.488 e. The first kappa shape index (κ1) is 14.2. The first-order valence-corrected chi connectivity index (χ1v) is 6.88. The predicted molar refractivity (Wildman–Crippen MR) is 73.7 cm³/mol. The van der Waals surface area contributed by atoms with Crippen LogP contribution in [0.3, 0.4) is 0 Å². The Morgan fingerprint density at radius 2 is 2.42 bits per heavy atom. The lowest BCUT2D eigenvalue weighted by Gasteiger charge is -2.11. The zero-order chi connectivity index (χ0) is 13.7. The summed E-state index contributed by atoms with van der Waals surface area (Å²) in [4.78, 5) is 11.1. The third kappa shape index (κ3) is 4.11. The van der Waals surface area contributed by atoms with Gasteiger partial charge in [-0.3, -0.25) is 4.79 Å². The van der Waals surface area contributed by atoms with Crippen molar-refractivity contribution in [3.05, 3.63) is 28.8 Å². The molecule has 0 aliphatic carbocycles. The van der Waals surface area contributed by atoms with E-state index in [0.29, 0.717) is 26.1 Å². The molecule has 1 heterocycles. The predicted octanol–water partition coefficient (Wildman–Crippen LogP) is 2.19. The molecule has 0 aromatic heterocycles. The van der Waals surface area contributed by atoms with Crippen molar-refractivity contribution in [1.29, 1.82) is 0 Å². The molecule has 1 N–H and O–H groups in total. The Morgan fingerprint density at radius 1 is 1.58 bits per heavy atom. The maximum absolute atomic E-state index is 11.1. The molecule has 0 fully saturated rings. The molecule has 0 spiro atoms. The molecule has 1 atom stereocenters. The van der Waals surface area contributed by atoms with Crippen molar-refractivity contribution in [2.45, 2.75) is 25.9 Å². The van der Waals surface area contributed by atoms with Gasteiger partial charge in [0, 0.05) is 24.5 Å². The molecule has 19 heavy (non-hydrogen) atoms. The van der Waals surface area contributed by atoms with Gasteiger partial charge < -0.3 is 14.8 Å². The number of fused-ring (bicyclic) bond motifs is 1. The Bertz CT molecular complexity index is 450. The smallest absolute Gasteiger partial charge is 0.307 e. The first-order valence-electron chi connectivity index (χ1n) is 6.50. The summed E-state index contributed by atoms with van der Waals surface area (Å²) >= 11 is 5.94. The number of rotatable bonds is 6. The number of carbonyl (C=O) groups excluding carboxylic acids is 1. The fourth-order valence-corrected chi connectivity index (χ4v) is 2.28. The van der Waals surface area contributed by atoms with Crippen molar-refractivity contribution in [3.8, 4) is 5.75 Å². The molecule has 1 aliphatic rings. The third-order valence-electron chi connectivity index (χ3n) is 2.95. The van der Waals surface area contributed by atoms with Crippen LogP contribution in [-0.2, 0) is 16.0 Å². The molecule has 0 radical (unpaired) electrons. The number of benzene rings is 1. The van der Waals surface area contributed by atoms with Crippen LogP contribution in [0.1, 0.15) is 18.9 Å². The third-order valence-corrected chi connectivity index (χ3v) is 3.18. The van der Waals surface area contributed by atoms with E-state index in [1.165, 1.54) is 0 Å². The number of ether oxygens (including phenoxy) is 2. The summed E-state index contributed by atoms with van der Waals surface area (Å²) in [6.07, 6.45) is 1.34. The quantitative estimate of drug-likeness (QED) is 0.642. The standard InChI is InChI=1S/C14H18ClNO3/c1-2-18-14(17)5-6-16-9-12-8-10-7-11(15)3-4-13(10)19-12/h3-4,7,12,16H,2,5-6,8-9H2,1H3. The largest absolute Gasteiger partial charge is 0.488 e. The van der Waals surface area contributed by atoms with E-state index in [9.17, 15) is 4.79 Å². The first-order chi connectivity index (χ1) is 9.19. The Morgan fingerprint density at radius 3 is 3.21 bits per heavy atom. The molecule has 5 heteroatoms. The van der Waals surface area contributed by atoms with Gasteiger partial charge in [-0.2, -0.15) is 0 Å². The van der Waals surface area contributed by atoms with Crippen LogP contribution in [0, 0.1) is 0 Å². The van der Waals surface area contributed by atoms with Gasteiger partial charge in [-0.1, -0.05) is 11.6 Å². The van der Waals surface area contributed by atoms with E-state index < -0.39 is 0 Å². The second-order valence-corrected chi connectivity index (χ2v) is 4.89. The molecule has 104 valence electrons. The molecule has 0 bridgehead atoms. The maximum atomic E-state index is 11.1. The highest BCUT2D eigenvalue weighted by atomic mass is 35.5. The zero-order valence-electron chi connectivity index (χ0n) is 10.9. The van der Waals surface area contributed by atoms with Gasteiger partial charge in [0.15, 0.2) is 0 Å². The average molecular weight is 284 g/mol. The Hall–Kier alpha value is -1.26. The highest BCUT2D eigenvalue weighted by Gasteiger charge is 2.22. The van der Waals surface area contributed by atoms with Gasteiger partial charge >= 0.3 is 5.97 Å². The molecule has 4 nitrogen and oxygen atoms in total. The molecule has 1 unspecified atom stereocenters. The fraction of sp³-hybridized carbons (Fsp3) is 0.500. The minimum atomic E-state index is -0.169. The van der Waals surface area contributed by atoms with Crippen LogP contribution in [0.2, 0.25) is 5.02 Å². The van der Waals surface area contributed by atoms with Crippen molar-refractivity contribution in [1.82, 2.24) is 5.32 Å². The van der Waals surface area contributed by atoms with E-state index >= 15 is 0 Å². The van der Waals surface area contributed by atoms with Crippen LogP contribution in [0.15, 0.2) is 18.2 Å². The molecular formula is C14H18ClNO3. The zero-order valence-corrected chi connectivity index (χ0v) is 11.7. The number of carbonyl (C=O) groups is 1. The molecule has 0 amide bonds. The van der Waals surface area contributed by atoms with Gasteiger partial charge in [-0.15, -0.1) is 0 Å². The van der Waals surface area contributed by atoms with E-state index in [4.69, 9.17) is 21.1 Å². The monoisotopic (exact) mass is 283 g/mol. The van der Waals surface area contributed by atoms with E-state index in [2.05, 4.69) is 5.32 Å². The van der Waals surface area contributed by atoms with Crippen molar-refractivity contribution >= 4 is 17.6 Å².